The predicted octanol–water partition coefficient (Wildman–Crippen LogP) is 2.86. The summed E-state index contributed by atoms with van der Waals surface area (Å²) in [6.45, 7) is 4.92. The van der Waals surface area contributed by atoms with Gasteiger partial charge in [-0.1, -0.05) is 6.92 Å². The summed E-state index contributed by atoms with van der Waals surface area (Å²) in [5, 5.41) is 7.29. The highest BCUT2D eigenvalue weighted by molar-refractivity contribution is 7.07. The van der Waals surface area contributed by atoms with Gasteiger partial charge in [0, 0.05) is 19.1 Å². The number of nitrogens with zero attached hydrogens (tertiary/aromatic N) is 1. The van der Waals surface area contributed by atoms with Crippen molar-refractivity contribution in [2.75, 3.05) is 26.2 Å². The van der Waals surface area contributed by atoms with Crippen LogP contribution in [0.4, 0.5) is 8.78 Å². The summed E-state index contributed by atoms with van der Waals surface area (Å²) in [6, 6.07) is 2.36. The zero-order chi connectivity index (χ0) is 13.7. The monoisotopic (exact) mass is 288 g/mol. The first-order chi connectivity index (χ1) is 9.17. The molecule has 1 aliphatic rings. The van der Waals surface area contributed by atoms with Crippen LogP contribution in [0.25, 0.3) is 0 Å². The van der Waals surface area contributed by atoms with Crippen LogP contribution in [0, 0.1) is 5.92 Å². The molecule has 1 aromatic rings. The van der Waals surface area contributed by atoms with E-state index >= 15 is 0 Å². The highest BCUT2D eigenvalue weighted by Gasteiger charge is 2.26. The van der Waals surface area contributed by atoms with Crippen LogP contribution in [0.1, 0.15) is 18.9 Å². The summed E-state index contributed by atoms with van der Waals surface area (Å²) in [6.07, 6.45) is -0.196. The first-order valence-electron chi connectivity index (χ1n) is 6.92. The van der Waals surface area contributed by atoms with Gasteiger partial charge in [-0.15, -0.1) is 0 Å². The Bertz CT molecular complexity index is 356. The third-order valence-corrected chi connectivity index (χ3v) is 4.46. The Labute approximate surface area is 117 Å². The molecular formula is C14H22F2N2S. The Morgan fingerprint density at radius 1 is 1.47 bits per heavy atom. The number of thiophene rings is 1. The average molecular weight is 288 g/mol. The van der Waals surface area contributed by atoms with E-state index < -0.39 is 6.43 Å². The fourth-order valence-corrected chi connectivity index (χ4v) is 3.54. The van der Waals surface area contributed by atoms with Gasteiger partial charge < -0.3 is 10.2 Å². The molecule has 1 aliphatic heterocycles. The Hall–Kier alpha value is -0.520. The first kappa shape index (κ1) is 14.9. The van der Waals surface area contributed by atoms with Crippen LogP contribution < -0.4 is 5.32 Å². The van der Waals surface area contributed by atoms with Gasteiger partial charge in [0.1, 0.15) is 0 Å². The minimum Gasteiger partial charge on any atom is -0.307 e. The highest BCUT2D eigenvalue weighted by Crippen LogP contribution is 2.22. The summed E-state index contributed by atoms with van der Waals surface area (Å²) in [5.74, 6) is 0.568. The number of halogens is 2. The third kappa shape index (κ3) is 4.82. The van der Waals surface area contributed by atoms with Crippen molar-refractivity contribution < 1.29 is 8.78 Å². The van der Waals surface area contributed by atoms with Crippen molar-refractivity contribution in [3.63, 3.8) is 0 Å². The average Bonchev–Trinajstić information content (AvgIpc) is 2.89. The number of hydrogen-bond donors (Lipinski definition) is 1. The van der Waals surface area contributed by atoms with Gasteiger partial charge in [0.05, 0.1) is 6.54 Å². The molecule has 1 saturated heterocycles. The second kappa shape index (κ2) is 7.31. The Kier molecular flexibility index (Phi) is 5.73. The molecule has 2 unspecified atom stereocenters. The molecule has 2 atom stereocenters. The molecule has 1 aromatic heterocycles. The Morgan fingerprint density at radius 3 is 2.95 bits per heavy atom. The maximum Gasteiger partial charge on any atom is 0.250 e. The minimum absolute atomic E-state index is 0.187. The van der Waals surface area contributed by atoms with Crippen molar-refractivity contribution in [1.29, 1.82) is 0 Å². The van der Waals surface area contributed by atoms with Gasteiger partial charge in [-0.2, -0.15) is 11.3 Å². The SMILES string of the molecule is CCN1CC(Cc2ccsc2)CC(NCC(F)F)C1. The molecule has 0 amide bonds. The largest absolute Gasteiger partial charge is 0.307 e. The van der Waals surface area contributed by atoms with E-state index in [-0.39, 0.29) is 12.6 Å². The van der Waals surface area contributed by atoms with Gasteiger partial charge >= 0.3 is 0 Å². The second-order valence-corrected chi connectivity index (χ2v) is 6.07. The summed E-state index contributed by atoms with van der Waals surface area (Å²) >= 11 is 1.72. The number of nitrogens with one attached hydrogen (secondary N) is 1. The highest BCUT2D eigenvalue weighted by atomic mass is 32.1. The molecule has 19 heavy (non-hydrogen) atoms. The van der Waals surface area contributed by atoms with Crippen LogP contribution in [0.2, 0.25) is 0 Å². The van der Waals surface area contributed by atoms with Gasteiger partial charge in [0.2, 0.25) is 0 Å². The molecule has 0 aliphatic carbocycles. The van der Waals surface area contributed by atoms with E-state index in [0.717, 1.165) is 32.5 Å². The smallest absolute Gasteiger partial charge is 0.250 e. The molecule has 108 valence electrons. The lowest BCUT2D eigenvalue weighted by Crippen LogP contribution is -2.50. The van der Waals surface area contributed by atoms with E-state index in [9.17, 15) is 8.78 Å². The molecule has 2 nitrogen and oxygen atoms in total. The quantitative estimate of drug-likeness (QED) is 0.866. The van der Waals surface area contributed by atoms with Crippen LogP contribution in [-0.2, 0) is 6.42 Å². The van der Waals surface area contributed by atoms with Crippen molar-refractivity contribution in [1.82, 2.24) is 10.2 Å². The fraction of sp³-hybridized carbons (Fsp3) is 0.714. The Morgan fingerprint density at radius 2 is 2.32 bits per heavy atom. The zero-order valence-corrected chi connectivity index (χ0v) is 12.1. The number of rotatable bonds is 6. The van der Waals surface area contributed by atoms with Crippen LogP contribution in [-0.4, -0.2) is 43.5 Å². The van der Waals surface area contributed by atoms with E-state index in [1.165, 1.54) is 5.56 Å². The number of likely N-dealkylation sites (tertiary alicyclic amines) is 1. The van der Waals surface area contributed by atoms with Gasteiger partial charge in [-0.3, -0.25) is 0 Å². The lowest BCUT2D eigenvalue weighted by molar-refractivity contribution is 0.111. The van der Waals surface area contributed by atoms with E-state index in [0.29, 0.717) is 5.92 Å². The van der Waals surface area contributed by atoms with Crippen LogP contribution in [0.3, 0.4) is 0 Å². The first-order valence-corrected chi connectivity index (χ1v) is 7.86. The van der Waals surface area contributed by atoms with E-state index in [1.807, 2.05) is 0 Å². The number of likely N-dealkylation sites (N-methyl/N-ethyl adjacent to an activating group) is 1. The lowest BCUT2D eigenvalue weighted by Gasteiger charge is -2.37. The minimum atomic E-state index is -2.26. The molecule has 0 radical (unpaired) electrons. The number of alkyl halides is 2. The van der Waals surface area contributed by atoms with Crippen LogP contribution in [0.5, 0.6) is 0 Å². The van der Waals surface area contributed by atoms with Gasteiger partial charge in [0.15, 0.2) is 0 Å². The van der Waals surface area contributed by atoms with Crippen molar-refractivity contribution in [3.05, 3.63) is 22.4 Å². The number of piperidine rings is 1. The van der Waals surface area contributed by atoms with Crippen molar-refractivity contribution >= 4 is 11.3 Å². The normalized spacial score (nSPS) is 25.1. The van der Waals surface area contributed by atoms with Gasteiger partial charge in [-0.05, 0) is 47.7 Å². The summed E-state index contributed by atoms with van der Waals surface area (Å²) in [4.78, 5) is 2.36. The second-order valence-electron chi connectivity index (χ2n) is 5.29. The maximum atomic E-state index is 12.3. The van der Waals surface area contributed by atoms with E-state index in [4.69, 9.17) is 0 Å². The van der Waals surface area contributed by atoms with E-state index in [1.54, 1.807) is 11.3 Å². The van der Waals surface area contributed by atoms with Gasteiger partial charge in [-0.25, -0.2) is 8.78 Å². The third-order valence-electron chi connectivity index (χ3n) is 3.73. The predicted molar refractivity (Wildman–Crippen MR) is 76.0 cm³/mol. The Balaban J connectivity index is 1.88. The van der Waals surface area contributed by atoms with Crippen molar-refractivity contribution in [3.8, 4) is 0 Å². The van der Waals surface area contributed by atoms with E-state index in [2.05, 4.69) is 34.0 Å². The summed E-state index contributed by atoms with van der Waals surface area (Å²) in [7, 11) is 0. The standard InChI is InChI=1S/C14H22F2N2S/c1-2-18-8-12(5-11-3-4-19-10-11)6-13(9-18)17-7-14(15)16/h3-4,10,12-14,17H,2,5-9H2,1H3. The molecule has 0 bridgehead atoms. The van der Waals surface area contributed by atoms with Crippen molar-refractivity contribution in [2.45, 2.75) is 32.2 Å². The molecule has 0 spiro atoms. The maximum absolute atomic E-state index is 12.3. The van der Waals surface area contributed by atoms with Crippen molar-refractivity contribution in [2.24, 2.45) is 5.92 Å². The molecule has 0 aromatic carbocycles. The topological polar surface area (TPSA) is 15.3 Å². The molecule has 5 heteroatoms. The molecular weight excluding hydrogens is 266 g/mol. The lowest BCUT2D eigenvalue weighted by atomic mass is 9.89. The summed E-state index contributed by atoms with van der Waals surface area (Å²) < 4.78 is 24.6. The molecule has 1 fully saturated rings. The summed E-state index contributed by atoms with van der Waals surface area (Å²) in [5.41, 5.74) is 1.38. The zero-order valence-electron chi connectivity index (χ0n) is 11.3. The fourth-order valence-electron chi connectivity index (χ4n) is 2.85. The van der Waals surface area contributed by atoms with Gasteiger partial charge in [0.25, 0.3) is 6.43 Å². The molecule has 2 heterocycles. The number of hydrogen-bond acceptors (Lipinski definition) is 3. The van der Waals surface area contributed by atoms with Crippen LogP contribution in [0.15, 0.2) is 16.8 Å². The molecule has 0 saturated carbocycles. The van der Waals surface area contributed by atoms with Crippen LogP contribution >= 0.6 is 11.3 Å². The molecule has 1 N–H and O–H groups in total. The molecule has 2 rings (SSSR count).